The van der Waals surface area contributed by atoms with Gasteiger partial charge in [-0.15, -0.1) is 11.6 Å². The van der Waals surface area contributed by atoms with Crippen LogP contribution in [0, 0.1) is 11.3 Å². The van der Waals surface area contributed by atoms with Gasteiger partial charge in [-0.3, -0.25) is 4.79 Å². The SMILES string of the molecule is CC(C)CCC(=O)NCC(Cl)CC(C)(C)C. The Kier molecular flexibility index (Phi) is 7.05. The van der Waals surface area contributed by atoms with Crippen molar-refractivity contribution in [1.29, 1.82) is 0 Å². The zero-order chi connectivity index (χ0) is 12.8. The zero-order valence-corrected chi connectivity index (χ0v) is 12.0. The second kappa shape index (κ2) is 7.16. The second-order valence-corrected chi connectivity index (χ2v) is 6.72. The van der Waals surface area contributed by atoms with Crippen molar-refractivity contribution in [1.82, 2.24) is 5.32 Å². The summed E-state index contributed by atoms with van der Waals surface area (Å²) in [5.41, 5.74) is 0.217. The maximum absolute atomic E-state index is 11.4. The van der Waals surface area contributed by atoms with Gasteiger partial charge in [-0.1, -0.05) is 34.6 Å². The molecule has 1 N–H and O–H groups in total. The number of hydrogen-bond acceptors (Lipinski definition) is 1. The average Bonchev–Trinajstić information content (AvgIpc) is 2.08. The van der Waals surface area contributed by atoms with Gasteiger partial charge in [0.15, 0.2) is 0 Å². The smallest absolute Gasteiger partial charge is 0.220 e. The third-order valence-electron chi connectivity index (χ3n) is 2.30. The van der Waals surface area contributed by atoms with E-state index in [2.05, 4.69) is 39.9 Å². The topological polar surface area (TPSA) is 29.1 Å². The molecule has 3 heteroatoms. The van der Waals surface area contributed by atoms with Crippen molar-refractivity contribution >= 4 is 17.5 Å². The minimum atomic E-state index is 0.0306. The summed E-state index contributed by atoms with van der Waals surface area (Å²) in [6, 6.07) is 0. The van der Waals surface area contributed by atoms with E-state index in [0.717, 1.165) is 12.8 Å². The van der Waals surface area contributed by atoms with Crippen LogP contribution in [0.1, 0.15) is 53.9 Å². The van der Waals surface area contributed by atoms with Crippen LogP contribution in [0.4, 0.5) is 0 Å². The predicted molar refractivity (Wildman–Crippen MR) is 70.8 cm³/mol. The Bertz CT molecular complexity index is 208. The predicted octanol–water partition coefficient (Wildman–Crippen LogP) is 3.58. The Morgan fingerprint density at radius 1 is 1.31 bits per heavy atom. The minimum Gasteiger partial charge on any atom is -0.355 e. The standard InChI is InChI=1S/C13H26ClNO/c1-10(2)6-7-12(16)15-9-11(14)8-13(3,4)5/h10-11H,6-9H2,1-5H3,(H,15,16). The fourth-order valence-electron chi connectivity index (χ4n) is 1.47. The quantitative estimate of drug-likeness (QED) is 0.715. The molecule has 0 aliphatic rings. The molecule has 1 atom stereocenters. The second-order valence-electron chi connectivity index (χ2n) is 6.10. The van der Waals surface area contributed by atoms with E-state index in [4.69, 9.17) is 11.6 Å². The lowest BCUT2D eigenvalue weighted by Gasteiger charge is -2.22. The first-order valence-electron chi connectivity index (χ1n) is 6.11. The number of carbonyl (C=O) groups is 1. The maximum Gasteiger partial charge on any atom is 0.220 e. The summed E-state index contributed by atoms with van der Waals surface area (Å²) in [5.74, 6) is 0.695. The largest absolute Gasteiger partial charge is 0.355 e. The molecule has 0 aliphatic carbocycles. The third kappa shape index (κ3) is 10.3. The van der Waals surface area contributed by atoms with E-state index in [0.29, 0.717) is 18.9 Å². The summed E-state index contributed by atoms with van der Waals surface area (Å²) in [5, 5.41) is 2.92. The fourth-order valence-corrected chi connectivity index (χ4v) is 2.01. The minimum absolute atomic E-state index is 0.0306. The van der Waals surface area contributed by atoms with E-state index < -0.39 is 0 Å². The van der Waals surface area contributed by atoms with Gasteiger partial charge in [0.25, 0.3) is 0 Å². The number of amides is 1. The highest BCUT2D eigenvalue weighted by Gasteiger charge is 2.17. The molecule has 0 saturated carbocycles. The summed E-state index contributed by atoms with van der Waals surface area (Å²) in [7, 11) is 0. The van der Waals surface area contributed by atoms with Crippen LogP contribution in [0.25, 0.3) is 0 Å². The lowest BCUT2D eigenvalue weighted by atomic mass is 9.90. The van der Waals surface area contributed by atoms with Gasteiger partial charge in [0.1, 0.15) is 0 Å². The summed E-state index contributed by atoms with van der Waals surface area (Å²) in [6.07, 6.45) is 2.47. The van der Waals surface area contributed by atoms with Crippen molar-refractivity contribution in [3.05, 3.63) is 0 Å². The molecule has 16 heavy (non-hydrogen) atoms. The number of rotatable bonds is 6. The molecule has 0 radical (unpaired) electrons. The van der Waals surface area contributed by atoms with Crippen LogP contribution in [0.5, 0.6) is 0 Å². The van der Waals surface area contributed by atoms with Crippen LogP contribution in [0.15, 0.2) is 0 Å². The van der Waals surface area contributed by atoms with Gasteiger partial charge in [0, 0.05) is 13.0 Å². The Morgan fingerprint density at radius 2 is 1.88 bits per heavy atom. The highest BCUT2D eigenvalue weighted by molar-refractivity contribution is 6.20. The lowest BCUT2D eigenvalue weighted by molar-refractivity contribution is -0.121. The van der Waals surface area contributed by atoms with Gasteiger partial charge >= 0.3 is 0 Å². The van der Waals surface area contributed by atoms with E-state index in [1.807, 2.05) is 0 Å². The van der Waals surface area contributed by atoms with Crippen molar-refractivity contribution in [2.45, 2.75) is 59.3 Å². The summed E-state index contributed by atoms with van der Waals surface area (Å²) < 4.78 is 0. The van der Waals surface area contributed by atoms with Crippen molar-refractivity contribution in [3.63, 3.8) is 0 Å². The Hall–Kier alpha value is -0.240. The first kappa shape index (κ1) is 15.8. The molecular weight excluding hydrogens is 222 g/mol. The molecular formula is C13H26ClNO. The normalized spacial score (nSPS) is 13.9. The molecule has 1 unspecified atom stereocenters. The number of nitrogens with one attached hydrogen (secondary N) is 1. The van der Waals surface area contributed by atoms with E-state index in [9.17, 15) is 4.79 Å². The Balaban J connectivity index is 3.67. The van der Waals surface area contributed by atoms with Crippen LogP contribution >= 0.6 is 11.6 Å². The maximum atomic E-state index is 11.4. The van der Waals surface area contributed by atoms with E-state index in [-0.39, 0.29) is 16.7 Å². The number of carbonyl (C=O) groups excluding carboxylic acids is 1. The van der Waals surface area contributed by atoms with E-state index in [1.54, 1.807) is 0 Å². The van der Waals surface area contributed by atoms with Gasteiger partial charge in [-0.2, -0.15) is 0 Å². The van der Waals surface area contributed by atoms with Crippen LogP contribution in [-0.2, 0) is 4.79 Å². The Morgan fingerprint density at radius 3 is 2.31 bits per heavy atom. The molecule has 0 rings (SSSR count). The van der Waals surface area contributed by atoms with Gasteiger partial charge in [0.05, 0.1) is 5.38 Å². The molecule has 0 bridgehead atoms. The molecule has 0 aromatic heterocycles. The van der Waals surface area contributed by atoms with Crippen molar-refractivity contribution < 1.29 is 4.79 Å². The Labute approximate surface area is 105 Å². The monoisotopic (exact) mass is 247 g/mol. The molecule has 0 fully saturated rings. The molecule has 1 amide bonds. The summed E-state index contributed by atoms with van der Waals surface area (Å²) in [4.78, 5) is 11.4. The third-order valence-corrected chi connectivity index (χ3v) is 2.61. The summed E-state index contributed by atoms with van der Waals surface area (Å²) in [6.45, 7) is 11.3. The number of halogens is 1. The first-order chi connectivity index (χ1) is 7.20. The first-order valence-corrected chi connectivity index (χ1v) is 6.55. The van der Waals surface area contributed by atoms with Gasteiger partial charge in [-0.05, 0) is 24.2 Å². The highest BCUT2D eigenvalue weighted by atomic mass is 35.5. The lowest BCUT2D eigenvalue weighted by Crippen LogP contribution is -2.31. The van der Waals surface area contributed by atoms with Crippen molar-refractivity contribution in [3.8, 4) is 0 Å². The molecule has 0 aromatic rings. The van der Waals surface area contributed by atoms with Crippen LogP contribution in [0.3, 0.4) is 0 Å². The molecule has 96 valence electrons. The van der Waals surface area contributed by atoms with Crippen molar-refractivity contribution in [2.75, 3.05) is 6.54 Å². The highest BCUT2D eigenvalue weighted by Crippen LogP contribution is 2.23. The molecule has 2 nitrogen and oxygen atoms in total. The van der Waals surface area contributed by atoms with Gasteiger partial charge < -0.3 is 5.32 Å². The average molecular weight is 248 g/mol. The van der Waals surface area contributed by atoms with Crippen LogP contribution in [-0.4, -0.2) is 17.8 Å². The number of alkyl halides is 1. The zero-order valence-electron chi connectivity index (χ0n) is 11.3. The van der Waals surface area contributed by atoms with Crippen molar-refractivity contribution in [2.24, 2.45) is 11.3 Å². The molecule has 0 aromatic carbocycles. The van der Waals surface area contributed by atoms with E-state index >= 15 is 0 Å². The molecule has 0 aliphatic heterocycles. The van der Waals surface area contributed by atoms with Crippen LogP contribution < -0.4 is 5.32 Å². The molecule has 0 heterocycles. The van der Waals surface area contributed by atoms with Gasteiger partial charge in [0.2, 0.25) is 5.91 Å². The van der Waals surface area contributed by atoms with Gasteiger partial charge in [-0.25, -0.2) is 0 Å². The van der Waals surface area contributed by atoms with E-state index in [1.165, 1.54) is 0 Å². The number of hydrogen-bond donors (Lipinski definition) is 1. The molecule has 0 spiro atoms. The molecule has 0 saturated heterocycles. The van der Waals surface area contributed by atoms with Crippen LogP contribution in [0.2, 0.25) is 0 Å². The summed E-state index contributed by atoms with van der Waals surface area (Å²) >= 11 is 6.16. The fraction of sp³-hybridized carbons (Fsp3) is 0.923.